The predicted molar refractivity (Wildman–Crippen MR) is 83.9 cm³/mol. The van der Waals surface area contributed by atoms with E-state index in [4.69, 9.17) is 4.42 Å². The van der Waals surface area contributed by atoms with E-state index < -0.39 is 17.9 Å². The van der Waals surface area contributed by atoms with Crippen LogP contribution in [0.15, 0.2) is 28.9 Å². The largest absolute Gasteiger partial charge is 0.480 e. The molecule has 0 spiro atoms. The van der Waals surface area contributed by atoms with Crippen molar-refractivity contribution in [2.45, 2.75) is 39.7 Å². The topological polar surface area (TPSA) is 108 Å². The van der Waals surface area contributed by atoms with Gasteiger partial charge in [0.1, 0.15) is 11.7 Å². The van der Waals surface area contributed by atoms with Gasteiger partial charge in [0, 0.05) is 6.07 Å². The molecule has 0 aliphatic carbocycles. The van der Waals surface area contributed by atoms with Crippen molar-refractivity contribution < 1.29 is 19.1 Å². The highest BCUT2D eigenvalue weighted by atomic mass is 16.4. The van der Waals surface area contributed by atoms with Gasteiger partial charge < -0.3 is 14.8 Å². The summed E-state index contributed by atoms with van der Waals surface area (Å²) in [4.78, 5) is 23.5. The minimum atomic E-state index is -1.05. The molecule has 1 amide bonds. The molecule has 0 radical (unpaired) electrons. The van der Waals surface area contributed by atoms with E-state index in [1.807, 2.05) is 20.8 Å². The van der Waals surface area contributed by atoms with Crippen LogP contribution in [0, 0.1) is 5.41 Å². The van der Waals surface area contributed by atoms with Crippen LogP contribution in [-0.4, -0.2) is 33.2 Å². The van der Waals surface area contributed by atoms with Gasteiger partial charge >= 0.3 is 5.97 Å². The SMILES string of the molecule is CC(C)(C)CCC(NC(=O)c1cc(-c2ccco2)[nH]n1)C(=O)O. The summed E-state index contributed by atoms with van der Waals surface area (Å²) in [6.07, 6.45) is 2.56. The number of rotatable bonds is 6. The van der Waals surface area contributed by atoms with Gasteiger partial charge in [-0.2, -0.15) is 5.10 Å². The van der Waals surface area contributed by atoms with Gasteiger partial charge in [-0.1, -0.05) is 20.8 Å². The molecule has 3 N–H and O–H groups in total. The fraction of sp³-hybridized carbons (Fsp3) is 0.438. The number of hydrogen-bond donors (Lipinski definition) is 3. The Morgan fingerprint density at radius 3 is 2.74 bits per heavy atom. The molecule has 2 aromatic rings. The second-order valence-electron chi connectivity index (χ2n) is 6.61. The smallest absolute Gasteiger partial charge is 0.326 e. The Morgan fingerprint density at radius 2 is 2.17 bits per heavy atom. The quantitative estimate of drug-likeness (QED) is 0.758. The molecule has 2 heterocycles. The molecule has 0 bridgehead atoms. The van der Waals surface area contributed by atoms with E-state index in [9.17, 15) is 14.7 Å². The Hall–Kier alpha value is -2.57. The van der Waals surface area contributed by atoms with Crippen molar-refractivity contribution >= 4 is 11.9 Å². The zero-order valence-corrected chi connectivity index (χ0v) is 13.4. The highest BCUT2D eigenvalue weighted by Gasteiger charge is 2.24. The third kappa shape index (κ3) is 4.70. The number of amides is 1. The summed E-state index contributed by atoms with van der Waals surface area (Å²) in [5, 5.41) is 18.4. The van der Waals surface area contributed by atoms with Crippen LogP contribution < -0.4 is 5.32 Å². The molecule has 1 unspecified atom stereocenters. The summed E-state index contributed by atoms with van der Waals surface area (Å²) in [6.45, 7) is 6.07. The van der Waals surface area contributed by atoms with Crippen LogP contribution in [0.4, 0.5) is 0 Å². The maximum absolute atomic E-state index is 12.2. The van der Waals surface area contributed by atoms with E-state index in [0.29, 0.717) is 24.3 Å². The molecule has 2 aromatic heterocycles. The van der Waals surface area contributed by atoms with Gasteiger partial charge in [0.2, 0.25) is 0 Å². The summed E-state index contributed by atoms with van der Waals surface area (Å²) < 4.78 is 5.21. The molecule has 0 aliphatic rings. The lowest BCUT2D eigenvalue weighted by Gasteiger charge is -2.21. The van der Waals surface area contributed by atoms with Crippen LogP contribution in [0.3, 0.4) is 0 Å². The fourth-order valence-corrected chi connectivity index (χ4v) is 2.06. The second kappa shape index (κ2) is 6.68. The number of carboxylic acid groups (broad SMARTS) is 1. The van der Waals surface area contributed by atoms with Crippen molar-refractivity contribution in [1.82, 2.24) is 15.5 Å². The molecule has 124 valence electrons. The zero-order chi connectivity index (χ0) is 17.0. The van der Waals surface area contributed by atoms with Crippen molar-refractivity contribution in [2.75, 3.05) is 0 Å². The molecule has 7 heteroatoms. The van der Waals surface area contributed by atoms with Gasteiger partial charge in [-0.25, -0.2) is 4.79 Å². The molecule has 7 nitrogen and oxygen atoms in total. The number of carboxylic acids is 1. The number of aromatic nitrogens is 2. The van der Waals surface area contributed by atoms with E-state index in [1.54, 1.807) is 12.1 Å². The minimum absolute atomic E-state index is 0.00276. The number of furan rings is 1. The van der Waals surface area contributed by atoms with Crippen LogP contribution in [0.5, 0.6) is 0 Å². The van der Waals surface area contributed by atoms with E-state index in [0.717, 1.165) is 0 Å². The second-order valence-corrected chi connectivity index (χ2v) is 6.61. The molecule has 1 atom stereocenters. The molecule has 2 rings (SSSR count). The van der Waals surface area contributed by atoms with Crippen LogP contribution in [0.2, 0.25) is 0 Å². The lowest BCUT2D eigenvalue weighted by Crippen LogP contribution is -2.41. The fourth-order valence-electron chi connectivity index (χ4n) is 2.06. The average molecular weight is 319 g/mol. The Bertz CT molecular complexity index is 668. The van der Waals surface area contributed by atoms with Gasteiger partial charge in [-0.05, 0) is 30.4 Å². The van der Waals surface area contributed by atoms with Crippen LogP contribution >= 0.6 is 0 Å². The van der Waals surface area contributed by atoms with E-state index in [-0.39, 0.29) is 11.1 Å². The Morgan fingerprint density at radius 1 is 1.43 bits per heavy atom. The molecular formula is C16H21N3O4. The van der Waals surface area contributed by atoms with Crippen molar-refractivity contribution in [2.24, 2.45) is 5.41 Å². The third-order valence-electron chi connectivity index (χ3n) is 3.38. The summed E-state index contributed by atoms with van der Waals surface area (Å²) in [5.41, 5.74) is 0.678. The van der Waals surface area contributed by atoms with Crippen molar-refractivity contribution in [3.8, 4) is 11.5 Å². The molecule has 0 saturated carbocycles. The summed E-state index contributed by atoms with van der Waals surface area (Å²) in [6, 6.07) is 4.05. The highest BCUT2D eigenvalue weighted by Crippen LogP contribution is 2.22. The number of hydrogen-bond acceptors (Lipinski definition) is 4. The molecule has 0 aliphatic heterocycles. The molecule has 23 heavy (non-hydrogen) atoms. The minimum Gasteiger partial charge on any atom is -0.480 e. The molecule has 0 aromatic carbocycles. The van der Waals surface area contributed by atoms with Crippen LogP contribution in [0.25, 0.3) is 11.5 Å². The number of aliphatic carboxylic acids is 1. The lowest BCUT2D eigenvalue weighted by atomic mass is 9.88. The standard InChI is InChI=1S/C16H21N3O4/c1-16(2,3)7-6-10(15(21)22)17-14(20)12-9-11(18-19-12)13-5-4-8-23-13/h4-5,8-10H,6-7H2,1-3H3,(H,17,20)(H,18,19)(H,21,22). The molecule has 0 saturated heterocycles. The monoisotopic (exact) mass is 319 g/mol. The van der Waals surface area contributed by atoms with Crippen LogP contribution in [-0.2, 0) is 4.79 Å². The Balaban J connectivity index is 2.03. The first-order valence-electron chi connectivity index (χ1n) is 7.39. The first-order chi connectivity index (χ1) is 10.8. The number of H-pyrrole nitrogens is 1. The lowest BCUT2D eigenvalue weighted by molar-refractivity contribution is -0.139. The first kappa shape index (κ1) is 16.8. The normalized spacial score (nSPS) is 12.8. The van der Waals surface area contributed by atoms with E-state index in [1.165, 1.54) is 12.3 Å². The maximum atomic E-state index is 12.2. The number of nitrogens with zero attached hydrogens (tertiary/aromatic N) is 1. The first-order valence-corrected chi connectivity index (χ1v) is 7.39. The van der Waals surface area contributed by atoms with Gasteiger partial charge in [0.05, 0.1) is 6.26 Å². The number of nitrogens with one attached hydrogen (secondary N) is 2. The molecule has 0 fully saturated rings. The van der Waals surface area contributed by atoms with Gasteiger partial charge in [-0.3, -0.25) is 9.89 Å². The summed E-state index contributed by atoms with van der Waals surface area (Å²) >= 11 is 0. The van der Waals surface area contributed by atoms with Crippen LogP contribution in [0.1, 0.15) is 44.1 Å². The number of carbonyl (C=O) groups is 2. The Labute approximate surface area is 134 Å². The van der Waals surface area contributed by atoms with E-state index in [2.05, 4.69) is 15.5 Å². The van der Waals surface area contributed by atoms with Gasteiger partial charge in [0.25, 0.3) is 5.91 Å². The van der Waals surface area contributed by atoms with Crippen molar-refractivity contribution in [1.29, 1.82) is 0 Å². The summed E-state index contributed by atoms with van der Waals surface area (Å²) in [7, 11) is 0. The summed E-state index contributed by atoms with van der Waals surface area (Å²) in [5.74, 6) is -1.02. The third-order valence-corrected chi connectivity index (χ3v) is 3.38. The predicted octanol–water partition coefficient (Wildman–Crippen LogP) is 2.68. The van der Waals surface area contributed by atoms with Crippen molar-refractivity contribution in [3.05, 3.63) is 30.2 Å². The maximum Gasteiger partial charge on any atom is 0.326 e. The van der Waals surface area contributed by atoms with Crippen molar-refractivity contribution in [3.63, 3.8) is 0 Å². The molecular weight excluding hydrogens is 298 g/mol. The zero-order valence-electron chi connectivity index (χ0n) is 13.4. The number of carbonyl (C=O) groups excluding carboxylic acids is 1. The average Bonchev–Trinajstić information content (AvgIpc) is 3.11. The van der Waals surface area contributed by atoms with Gasteiger partial charge in [0.15, 0.2) is 11.5 Å². The Kier molecular flexibility index (Phi) is 4.88. The van der Waals surface area contributed by atoms with Gasteiger partial charge in [-0.15, -0.1) is 0 Å². The number of aromatic amines is 1. The van der Waals surface area contributed by atoms with E-state index >= 15 is 0 Å². The highest BCUT2D eigenvalue weighted by molar-refractivity contribution is 5.95.